The van der Waals surface area contributed by atoms with E-state index in [-0.39, 0.29) is 34.8 Å². The van der Waals surface area contributed by atoms with Gasteiger partial charge in [-0.1, -0.05) is 12.1 Å². The molecule has 0 bridgehead atoms. The number of sulfone groups is 1. The largest absolute Gasteiger partial charge is 0.494 e. The van der Waals surface area contributed by atoms with Crippen LogP contribution in [0.3, 0.4) is 0 Å². The van der Waals surface area contributed by atoms with Crippen molar-refractivity contribution in [2.24, 2.45) is 0 Å². The number of hydrogen-bond donors (Lipinski definition) is 3. The molecule has 0 radical (unpaired) electrons. The molecule has 0 unspecified atom stereocenters. The van der Waals surface area contributed by atoms with Gasteiger partial charge in [-0.3, -0.25) is 14.8 Å². The zero-order valence-corrected chi connectivity index (χ0v) is 23.6. The molecule has 5 rings (SSSR count). The van der Waals surface area contributed by atoms with Gasteiger partial charge in [0, 0.05) is 67.8 Å². The lowest BCUT2D eigenvalue weighted by Crippen LogP contribution is -2.41. The van der Waals surface area contributed by atoms with Gasteiger partial charge in [-0.25, -0.2) is 8.42 Å². The van der Waals surface area contributed by atoms with E-state index in [1.807, 2.05) is 12.3 Å². The number of aromatic nitrogens is 3. The normalized spacial score (nSPS) is 14.4. The second kappa shape index (κ2) is 12.5. The molecule has 4 heterocycles. The number of rotatable bonds is 8. The van der Waals surface area contributed by atoms with Gasteiger partial charge in [-0.05, 0) is 55.2 Å². The summed E-state index contributed by atoms with van der Waals surface area (Å²) in [6.07, 6.45) is 8.17. The summed E-state index contributed by atoms with van der Waals surface area (Å²) in [4.78, 5) is 28.5. The van der Waals surface area contributed by atoms with Crippen LogP contribution >= 0.6 is 12.4 Å². The first-order chi connectivity index (χ1) is 18.8. The Morgan fingerprint density at radius 1 is 1.12 bits per heavy atom. The maximum Gasteiger partial charge on any atom is 0.251 e. The number of halogens is 1. The number of amides is 1. The first-order valence-electron chi connectivity index (χ1n) is 12.6. The molecule has 0 aliphatic carbocycles. The summed E-state index contributed by atoms with van der Waals surface area (Å²) in [6.45, 7) is 3.95. The topological polar surface area (TPSA) is 132 Å². The van der Waals surface area contributed by atoms with Gasteiger partial charge >= 0.3 is 0 Å². The molecule has 0 atom stereocenters. The van der Waals surface area contributed by atoms with Crippen LogP contribution in [0.2, 0.25) is 0 Å². The SMILES string of the molecule is CN1CCN(C=CCS(=O)(=O)c2ccc(-c3c(O)[nH]c4ccc(C(=O)NCc5cccnc5)cc34)nc2)CC1.Cl. The van der Waals surface area contributed by atoms with Crippen LogP contribution in [0.4, 0.5) is 0 Å². The Hall–Kier alpha value is -3.93. The van der Waals surface area contributed by atoms with Crippen LogP contribution in [0.25, 0.3) is 22.2 Å². The number of pyridine rings is 2. The second-order valence-electron chi connectivity index (χ2n) is 9.54. The summed E-state index contributed by atoms with van der Waals surface area (Å²) in [5, 5.41) is 14.1. The van der Waals surface area contributed by atoms with Crippen LogP contribution in [0.15, 0.2) is 78.2 Å². The second-order valence-corrected chi connectivity index (χ2v) is 11.6. The highest BCUT2D eigenvalue weighted by atomic mass is 35.5. The molecule has 1 aliphatic heterocycles. The maximum atomic E-state index is 12.9. The Bertz CT molecular complexity index is 1600. The van der Waals surface area contributed by atoms with Gasteiger partial charge in [-0.2, -0.15) is 0 Å². The molecule has 0 spiro atoms. The predicted octanol–water partition coefficient (Wildman–Crippen LogP) is 3.22. The van der Waals surface area contributed by atoms with Gasteiger partial charge in [0.25, 0.3) is 5.91 Å². The van der Waals surface area contributed by atoms with Crippen LogP contribution in [0, 0.1) is 0 Å². The monoisotopic (exact) mass is 582 g/mol. The number of nitrogens with zero attached hydrogens (tertiary/aromatic N) is 4. The zero-order valence-electron chi connectivity index (χ0n) is 21.9. The molecule has 0 saturated carbocycles. The average molecular weight is 583 g/mol. The van der Waals surface area contributed by atoms with Crippen molar-refractivity contribution in [1.29, 1.82) is 0 Å². The molecular weight excluding hydrogens is 552 g/mol. The van der Waals surface area contributed by atoms with E-state index >= 15 is 0 Å². The van der Waals surface area contributed by atoms with Crippen molar-refractivity contribution in [2.75, 3.05) is 39.0 Å². The van der Waals surface area contributed by atoms with Crippen LogP contribution in [-0.4, -0.2) is 83.2 Å². The molecule has 1 amide bonds. The molecular formula is C28H31ClN6O4S. The fourth-order valence-corrected chi connectivity index (χ4v) is 5.48. The highest BCUT2D eigenvalue weighted by Gasteiger charge is 2.19. The van der Waals surface area contributed by atoms with Crippen molar-refractivity contribution in [3.63, 3.8) is 0 Å². The summed E-state index contributed by atoms with van der Waals surface area (Å²) in [6, 6.07) is 11.8. The summed E-state index contributed by atoms with van der Waals surface area (Å²) in [5.41, 5.74) is 2.70. The minimum atomic E-state index is -3.57. The van der Waals surface area contributed by atoms with Crippen LogP contribution in [0.5, 0.6) is 5.88 Å². The molecule has 3 N–H and O–H groups in total. The summed E-state index contributed by atoms with van der Waals surface area (Å²) >= 11 is 0. The number of aromatic amines is 1. The van der Waals surface area contributed by atoms with E-state index in [1.54, 1.807) is 48.8 Å². The zero-order chi connectivity index (χ0) is 27.4. The maximum absolute atomic E-state index is 12.9. The third kappa shape index (κ3) is 6.61. The molecule has 1 aliphatic rings. The van der Waals surface area contributed by atoms with Gasteiger partial charge in [0.05, 0.1) is 21.9 Å². The number of likely N-dealkylation sites (N-methyl/N-ethyl adjacent to an activating group) is 1. The summed E-state index contributed by atoms with van der Waals surface area (Å²) in [5.74, 6) is -0.515. The minimum Gasteiger partial charge on any atom is -0.494 e. The summed E-state index contributed by atoms with van der Waals surface area (Å²) < 4.78 is 25.7. The van der Waals surface area contributed by atoms with E-state index in [0.29, 0.717) is 34.3 Å². The number of carbonyl (C=O) groups is 1. The highest BCUT2D eigenvalue weighted by molar-refractivity contribution is 7.91. The number of benzene rings is 1. The Kier molecular flexibility index (Phi) is 9.08. The molecule has 1 aromatic carbocycles. The lowest BCUT2D eigenvalue weighted by Gasteiger charge is -2.31. The van der Waals surface area contributed by atoms with Gasteiger partial charge < -0.3 is 25.2 Å². The van der Waals surface area contributed by atoms with E-state index in [0.717, 1.165) is 31.7 Å². The predicted molar refractivity (Wildman–Crippen MR) is 156 cm³/mol. The molecule has 1 fully saturated rings. The molecule has 210 valence electrons. The van der Waals surface area contributed by atoms with Crippen molar-refractivity contribution in [2.45, 2.75) is 11.4 Å². The Morgan fingerprint density at radius 3 is 2.62 bits per heavy atom. The number of aromatic hydroxyl groups is 1. The van der Waals surface area contributed by atoms with E-state index in [2.05, 4.69) is 37.1 Å². The fourth-order valence-electron chi connectivity index (χ4n) is 4.46. The van der Waals surface area contributed by atoms with Crippen molar-refractivity contribution in [1.82, 2.24) is 30.1 Å². The number of fused-ring (bicyclic) bond motifs is 1. The van der Waals surface area contributed by atoms with E-state index < -0.39 is 9.84 Å². The summed E-state index contributed by atoms with van der Waals surface area (Å²) in [7, 11) is -1.50. The van der Waals surface area contributed by atoms with Crippen molar-refractivity contribution in [3.8, 4) is 17.1 Å². The van der Waals surface area contributed by atoms with Crippen LogP contribution < -0.4 is 5.32 Å². The number of piperazine rings is 1. The molecule has 3 aromatic heterocycles. The van der Waals surface area contributed by atoms with E-state index in [1.165, 1.54) is 12.3 Å². The Morgan fingerprint density at radius 2 is 1.93 bits per heavy atom. The Labute approximate surface area is 239 Å². The van der Waals surface area contributed by atoms with Gasteiger partial charge in [0.1, 0.15) is 0 Å². The first kappa shape index (κ1) is 29.1. The van der Waals surface area contributed by atoms with Crippen molar-refractivity contribution < 1.29 is 18.3 Å². The van der Waals surface area contributed by atoms with Gasteiger partial charge in [0.2, 0.25) is 0 Å². The molecule has 40 heavy (non-hydrogen) atoms. The average Bonchev–Trinajstić information content (AvgIpc) is 3.28. The Balaban J connectivity index is 0.00000370. The minimum absolute atomic E-state index is 0. The van der Waals surface area contributed by atoms with Crippen LogP contribution in [0.1, 0.15) is 15.9 Å². The number of H-pyrrole nitrogens is 1. The highest BCUT2D eigenvalue weighted by Crippen LogP contribution is 2.36. The molecule has 1 saturated heterocycles. The quantitative estimate of drug-likeness (QED) is 0.289. The molecule has 12 heteroatoms. The lowest BCUT2D eigenvalue weighted by atomic mass is 10.1. The van der Waals surface area contributed by atoms with E-state index in [9.17, 15) is 18.3 Å². The van der Waals surface area contributed by atoms with E-state index in [4.69, 9.17) is 0 Å². The first-order valence-corrected chi connectivity index (χ1v) is 14.3. The third-order valence-electron chi connectivity index (χ3n) is 6.74. The number of carbonyl (C=O) groups excluding carboxylic acids is 1. The lowest BCUT2D eigenvalue weighted by molar-refractivity contribution is 0.0951. The fraction of sp³-hybridized carbons (Fsp3) is 0.250. The van der Waals surface area contributed by atoms with Gasteiger partial charge in [-0.15, -0.1) is 12.4 Å². The van der Waals surface area contributed by atoms with Crippen molar-refractivity contribution in [3.05, 3.63) is 84.5 Å². The van der Waals surface area contributed by atoms with Gasteiger partial charge in [0.15, 0.2) is 15.7 Å². The number of nitrogens with one attached hydrogen (secondary N) is 2. The number of hydrogen-bond acceptors (Lipinski definition) is 8. The third-order valence-corrected chi connectivity index (χ3v) is 8.33. The molecule has 4 aromatic rings. The van der Waals surface area contributed by atoms with Crippen molar-refractivity contribution >= 4 is 39.1 Å². The standard InChI is InChI=1S/C28H30N6O4S.ClH/c1-33-11-13-34(14-12-33)10-3-15-39(37,38)22-6-8-25(30-19-22)26-23-16-21(5-7-24(23)32-28(26)36)27(35)31-18-20-4-2-9-29-17-20;/h2-10,16-17,19,32,36H,11-15,18H2,1H3,(H,31,35);1H. The van der Waals surface area contributed by atoms with Crippen LogP contribution in [-0.2, 0) is 16.4 Å². The molecule has 10 nitrogen and oxygen atoms in total. The smallest absolute Gasteiger partial charge is 0.251 e.